The van der Waals surface area contributed by atoms with E-state index in [1.165, 1.54) is 11.0 Å². The molecule has 20 heavy (non-hydrogen) atoms. The molecule has 1 saturated heterocycles. The molecule has 6 nitrogen and oxygen atoms in total. The molecule has 0 atom stereocenters. The molecule has 0 unspecified atom stereocenters. The van der Waals surface area contributed by atoms with Crippen molar-refractivity contribution in [2.75, 3.05) is 20.1 Å². The molecule has 0 aromatic carbocycles. The number of amides is 2. The molecular formula is C12H14Cl2N4O2. The Labute approximate surface area is 126 Å². The van der Waals surface area contributed by atoms with Gasteiger partial charge in [-0.25, -0.2) is 0 Å². The van der Waals surface area contributed by atoms with Crippen LogP contribution in [0.3, 0.4) is 0 Å². The predicted molar refractivity (Wildman–Crippen MR) is 74.8 cm³/mol. The summed E-state index contributed by atoms with van der Waals surface area (Å²) in [6.07, 6.45) is 0. The van der Waals surface area contributed by atoms with Crippen LogP contribution in [0.4, 0.5) is 0 Å². The molecule has 108 valence electrons. The predicted octanol–water partition coefficient (Wildman–Crippen LogP) is 1.48. The quantitative estimate of drug-likeness (QED) is 0.787. The van der Waals surface area contributed by atoms with Crippen LogP contribution in [0.2, 0.25) is 10.3 Å². The highest BCUT2D eigenvalue weighted by molar-refractivity contribution is 6.34. The number of hydrogen-bond donors (Lipinski definition) is 0. The van der Waals surface area contributed by atoms with Gasteiger partial charge in [-0.1, -0.05) is 23.2 Å². The lowest BCUT2D eigenvalue weighted by atomic mass is 9.97. The third-order valence-corrected chi connectivity index (χ3v) is 3.86. The van der Waals surface area contributed by atoms with Gasteiger partial charge in [-0.05, 0) is 19.9 Å². The van der Waals surface area contributed by atoms with Crippen LogP contribution in [0.5, 0.6) is 0 Å². The molecule has 1 aliphatic heterocycles. The number of halogens is 2. The first-order chi connectivity index (χ1) is 9.25. The van der Waals surface area contributed by atoms with Crippen LogP contribution in [-0.2, 0) is 4.79 Å². The van der Waals surface area contributed by atoms with Crippen molar-refractivity contribution in [1.29, 1.82) is 0 Å². The first-order valence-corrected chi connectivity index (χ1v) is 6.77. The van der Waals surface area contributed by atoms with Gasteiger partial charge in [0.2, 0.25) is 5.91 Å². The highest BCUT2D eigenvalue weighted by Gasteiger charge is 2.43. The van der Waals surface area contributed by atoms with Gasteiger partial charge < -0.3 is 9.80 Å². The van der Waals surface area contributed by atoms with Crippen LogP contribution in [0.25, 0.3) is 0 Å². The van der Waals surface area contributed by atoms with Crippen LogP contribution in [-0.4, -0.2) is 57.5 Å². The Kier molecular flexibility index (Phi) is 3.88. The Morgan fingerprint density at radius 1 is 1.30 bits per heavy atom. The molecule has 0 bridgehead atoms. The molecule has 0 N–H and O–H groups in total. The van der Waals surface area contributed by atoms with Crippen LogP contribution < -0.4 is 0 Å². The number of hydrogen-bond acceptors (Lipinski definition) is 4. The molecule has 0 spiro atoms. The second kappa shape index (κ2) is 5.18. The third kappa shape index (κ3) is 2.45. The van der Waals surface area contributed by atoms with Gasteiger partial charge in [0, 0.05) is 20.1 Å². The Bertz CT molecular complexity index is 577. The summed E-state index contributed by atoms with van der Waals surface area (Å²) in [5.41, 5.74) is -0.791. The minimum Gasteiger partial charge on any atom is -0.342 e. The van der Waals surface area contributed by atoms with Gasteiger partial charge in [-0.15, -0.1) is 10.2 Å². The summed E-state index contributed by atoms with van der Waals surface area (Å²) in [5.74, 6) is -0.500. The van der Waals surface area contributed by atoms with Gasteiger partial charge in [-0.2, -0.15) is 0 Å². The maximum atomic E-state index is 12.6. The highest BCUT2D eigenvalue weighted by Crippen LogP contribution is 2.26. The molecule has 8 heteroatoms. The summed E-state index contributed by atoms with van der Waals surface area (Å²) in [4.78, 5) is 27.9. The number of rotatable bonds is 1. The van der Waals surface area contributed by atoms with E-state index in [1.807, 2.05) is 0 Å². The summed E-state index contributed by atoms with van der Waals surface area (Å²) < 4.78 is 0. The van der Waals surface area contributed by atoms with E-state index in [-0.39, 0.29) is 27.7 Å². The number of carbonyl (C=O) groups is 2. The van der Waals surface area contributed by atoms with E-state index in [2.05, 4.69) is 10.2 Å². The van der Waals surface area contributed by atoms with Crippen LogP contribution >= 0.6 is 23.2 Å². The summed E-state index contributed by atoms with van der Waals surface area (Å²) >= 11 is 11.6. The first-order valence-electron chi connectivity index (χ1n) is 6.01. The molecule has 1 aromatic rings. The highest BCUT2D eigenvalue weighted by atomic mass is 35.5. The lowest BCUT2D eigenvalue weighted by Gasteiger charge is -2.44. The minimum absolute atomic E-state index is 0.0263. The zero-order valence-corrected chi connectivity index (χ0v) is 12.9. The monoisotopic (exact) mass is 316 g/mol. The van der Waals surface area contributed by atoms with Crippen molar-refractivity contribution in [3.8, 4) is 0 Å². The Hall–Kier alpha value is -1.40. The maximum absolute atomic E-state index is 12.6. The normalized spacial score (nSPS) is 18.4. The standard InChI is InChI=1S/C12H14Cl2N4O2/c1-12(2)11(20)17(3)4-5-18(12)10(19)7-6-8(13)15-16-9(7)14/h6H,4-5H2,1-3H3. The van der Waals surface area contributed by atoms with Gasteiger partial charge >= 0.3 is 0 Å². The molecular weight excluding hydrogens is 303 g/mol. The maximum Gasteiger partial charge on any atom is 0.258 e. The molecule has 2 amide bonds. The molecule has 1 aliphatic rings. The summed E-state index contributed by atoms with van der Waals surface area (Å²) in [5, 5.41) is 7.24. The molecule has 1 fully saturated rings. The number of likely N-dealkylation sites (N-methyl/N-ethyl adjacent to an activating group) is 1. The van der Waals surface area contributed by atoms with E-state index in [4.69, 9.17) is 23.2 Å². The van der Waals surface area contributed by atoms with Crippen molar-refractivity contribution in [2.24, 2.45) is 0 Å². The zero-order chi connectivity index (χ0) is 15.1. The van der Waals surface area contributed by atoms with E-state index < -0.39 is 5.54 Å². The van der Waals surface area contributed by atoms with Crippen molar-refractivity contribution >= 4 is 35.0 Å². The SMILES string of the molecule is CN1CCN(C(=O)c2cc(Cl)nnc2Cl)C(C)(C)C1=O. The van der Waals surface area contributed by atoms with Gasteiger partial charge in [0.05, 0.1) is 5.56 Å². The lowest BCUT2D eigenvalue weighted by Crippen LogP contribution is -2.63. The van der Waals surface area contributed by atoms with Gasteiger partial charge in [0.15, 0.2) is 10.3 Å². The zero-order valence-electron chi connectivity index (χ0n) is 11.4. The largest absolute Gasteiger partial charge is 0.342 e. The lowest BCUT2D eigenvalue weighted by molar-refractivity contribution is -0.144. The Morgan fingerprint density at radius 3 is 2.60 bits per heavy atom. The topological polar surface area (TPSA) is 66.4 Å². The van der Waals surface area contributed by atoms with Crippen molar-refractivity contribution < 1.29 is 9.59 Å². The van der Waals surface area contributed by atoms with Crippen LogP contribution in [0.15, 0.2) is 6.07 Å². The molecule has 0 radical (unpaired) electrons. The molecule has 2 rings (SSSR count). The fourth-order valence-electron chi connectivity index (χ4n) is 2.22. The van der Waals surface area contributed by atoms with Crippen molar-refractivity contribution in [1.82, 2.24) is 20.0 Å². The third-order valence-electron chi connectivity index (χ3n) is 3.40. The van der Waals surface area contributed by atoms with Crippen LogP contribution in [0, 0.1) is 0 Å². The average molecular weight is 317 g/mol. The molecule has 1 aromatic heterocycles. The van der Waals surface area contributed by atoms with E-state index in [9.17, 15) is 9.59 Å². The van der Waals surface area contributed by atoms with Gasteiger partial charge in [0.1, 0.15) is 5.54 Å². The van der Waals surface area contributed by atoms with E-state index in [0.717, 1.165) is 0 Å². The second-order valence-electron chi connectivity index (χ2n) is 5.11. The second-order valence-corrected chi connectivity index (χ2v) is 5.86. The number of nitrogens with zero attached hydrogens (tertiary/aromatic N) is 4. The number of carbonyl (C=O) groups excluding carboxylic acids is 2. The summed E-state index contributed by atoms with van der Waals surface area (Å²) in [6, 6.07) is 1.36. The van der Waals surface area contributed by atoms with Crippen LogP contribution in [0.1, 0.15) is 24.2 Å². The Balaban J connectivity index is 2.38. The smallest absolute Gasteiger partial charge is 0.258 e. The van der Waals surface area contributed by atoms with E-state index in [0.29, 0.717) is 13.1 Å². The Morgan fingerprint density at radius 2 is 1.95 bits per heavy atom. The van der Waals surface area contributed by atoms with Gasteiger partial charge in [-0.3, -0.25) is 9.59 Å². The minimum atomic E-state index is -0.941. The number of aromatic nitrogens is 2. The van der Waals surface area contributed by atoms with Crippen molar-refractivity contribution in [3.63, 3.8) is 0 Å². The first kappa shape index (κ1) is 15.0. The summed E-state index contributed by atoms with van der Waals surface area (Å²) in [7, 11) is 1.71. The fourth-order valence-corrected chi connectivity index (χ4v) is 2.54. The van der Waals surface area contributed by atoms with E-state index >= 15 is 0 Å². The average Bonchev–Trinajstić information content (AvgIpc) is 2.38. The van der Waals surface area contributed by atoms with Gasteiger partial charge in [0.25, 0.3) is 5.91 Å². The number of piperazine rings is 1. The fraction of sp³-hybridized carbons (Fsp3) is 0.500. The molecule has 2 heterocycles. The summed E-state index contributed by atoms with van der Waals surface area (Å²) in [6.45, 7) is 4.29. The van der Waals surface area contributed by atoms with Crippen molar-refractivity contribution in [3.05, 3.63) is 21.9 Å². The van der Waals surface area contributed by atoms with Crippen molar-refractivity contribution in [2.45, 2.75) is 19.4 Å². The molecule has 0 saturated carbocycles. The molecule has 0 aliphatic carbocycles. The van der Waals surface area contributed by atoms with E-state index in [1.54, 1.807) is 25.8 Å².